The van der Waals surface area contributed by atoms with E-state index in [9.17, 15) is 9.59 Å². The third-order valence-corrected chi connectivity index (χ3v) is 9.26. The van der Waals surface area contributed by atoms with Crippen molar-refractivity contribution in [3.8, 4) is 0 Å². The van der Waals surface area contributed by atoms with Gasteiger partial charge in [0.15, 0.2) is 0 Å². The highest BCUT2D eigenvalue weighted by atomic mass is 16.6. The lowest BCUT2D eigenvalue weighted by Gasteiger charge is -2.36. The van der Waals surface area contributed by atoms with Crippen LogP contribution in [0.2, 0.25) is 0 Å². The molecule has 2 aliphatic carbocycles. The third kappa shape index (κ3) is 6.75. The van der Waals surface area contributed by atoms with Crippen molar-refractivity contribution in [3.63, 3.8) is 0 Å². The van der Waals surface area contributed by atoms with Crippen molar-refractivity contribution in [1.82, 2.24) is 10.6 Å². The Hall–Kier alpha value is -3.94. The van der Waals surface area contributed by atoms with Gasteiger partial charge in [0, 0.05) is 12.2 Å². The number of aryl methyl sites for hydroxylation is 2. The summed E-state index contributed by atoms with van der Waals surface area (Å²) in [6.45, 7) is 5.77. The van der Waals surface area contributed by atoms with Crippen LogP contribution in [0.25, 0.3) is 0 Å². The lowest BCUT2D eigenvalue weighted by atomic mass is 9.69. The molecule has 4 aliphatic rings. The van der Waals surface area contributed by atoms with Gasteiger partial charge < -0.3 is 20.1 Å². The molecule has 220 valence electrons. The molecule has 4 unspecified atom stereocenters. The Morgan fingerprint density at radius 3 is 1.57 bits per heavy atom. The fraction of sp³-hybridized carbons (Fsp3) is 0.471. The highest BCUT2D eigenvalue weighted by Crippen LogP contribution is 2.40. The van der Waals surface area contributed by atoms with Crippen LogP contribution in [0.1, 0.15) is 61.8 Å². The minimum absolute atomic E-state index is 0.113. The number of benzene rings is 2. The van der Waals surface area contributed by atoms with Gasteiger partial charge in [-0.2, -0.15) is 0 Å². The van der Waals surface area contributed by atoms with Crippen LogP contribution in [0.15, 0.2) is 70.7 Å². The van der Waals surface area contributed by atoms with Gasteiger partial charge in [-0.3, -0.25) is 0 Å². The standard InChI is InChI=1S/C34H40N4O4/c1-33(15-13-23-7-3-5-9-25(23)17-33)19-27-21-35-31(37-27)41-29(39)11-12-30(40)42-32-36-22-28(38-32)20-34(2)16-14-24-8-4-6-10-26(24)18-34/h3-12,27-28H,13-22H2,1-2H3,(H,35,37)(H,36,38)/b12-11+. The first kappa shape index (κ1) is 28.2. The number of ether oxygens (including phenoxy) is 2. The summed E-state index contributed by atoms with van der Waals surface area (Å²) >= 11 is 0. The van der Waals surface area contributed by atoms with Gasteiger partial charge in [-0.05, 0) is 84.5 Å². The second kappa shape index (κ2) is 11.7. The minimum Gasteiger partial charge on any atom is -0.389 e. The molecule has 0 spiro atoms. The lowest BCUT2D eigenvalue weighted by molar-refractivity contribution is -0.133. The van der Waals surface area contributed by atoms with Crippen LogP contribution in [-0.4, -0.2) is 49.2 Å². The monoisotopic (exact) mass is 568 g/mol. The number of carbonyl (C=O) groups excluding carboxylic acids is 2. The highest BCUT2D eigenvalue weighted by molar-refractivity contribution is 6.00. The van der Waals surface area contributed by atoms with E-state index in [1.54, 1.807) is 0 Å². The van der Waals surface area contributed by atoms with E-state index >= 15 is 0 Å². The molecule has 4 atom stereocenters. The first-order valence-corrected chi connectivity index (χ1v) is 15.1. The highest BCUT2D eigenvalue weighted by Gasteiger charge is 2.35. The predicted molar refractivity (Wildman–Crippen MR) is 162 cm³/mol. The predicted octanol–water partition coefficient (Wildman–Crippen LogP) is 4.46. The Morgan fingerprint density at radius 1 is 0.738 bits per heavy atom. The van der Waals surface area contributed by atoms with Crippen LogP contribution in [0, 0.1) is 10.8 Å². The molecule has 8 heteroatoms. The summed E-state index contributed by atoms with van der Waals surface area (Å²) in [6, 6.07) is 17.9. The van der Waals surface area contributed by atoms with Crippen LogP contribution < -0.4 is 10.6 Å². The fourth-order valence-corrected chi connectivity index (χ4v) is 7.12. The summed E-state index contributed by atoms with van der Waals surface area (Å²) in [5.74, 6) is -1.36. The van der Waals surface area contributed by atoms with Crippen LogP contribution in [0.5, 0.6) is 0 Å². The molecule has 42 heavy (non-hydrogen) atoms. The second-order valence-corrected chi connectivity index (χ2v) is 13.1. The number of rotatable bonds is 6. The minimum atomic E-state index is -0.679. The van der Waals surface area contributed by atoms with Crippen LogP contribution in [0.4, 0.5) is 0 Å². The van der Waals surface area contributed by atoms with Crippen molar-refractivity contribution in [2.45, 2.75) is 77.3 Å². The van der Waals surface area contributed by atoms with Gasteiger partial charge in [0.25, 0.3) is 12.0 Å². The third-order valence-electron chi connectivity index (χ3n) is 9.26. The zero-order chi connectivity index (χ0) is 29.2. The number of nitrogens with zero attached hydrogens (tertiary/aromatic N) is 2. The number of carbonyl (C=O) groups is 2. The van der Waals surface area contributed by atoms with Gasteiger partial charge in [-0.25, -0.2) is 19.6 Å². The summed E-state index contributed by atoms with van der Waals surface area (Å²) in [5.41, 5.74) is 6.07. The zero-order valence-corrected chi connectivity index (χ0v) is 24.5. The molecule has 0 amide bonds. The van der Waals surface area contributed by atoms with Gasteiger partial charge in [0.1, 0.15) is 0 Å². The van der Waals surface area contributed by atoms with E-state index in [-0.39, 0.29) is 35.0 Å². The van der Waals surface area contributed by atoms with Crippen molar-refractivity contribution in [1.29, 1.82) is 0 Å². The SMILES string of the molecule is CC1(CC2CN=C(OC(=O)/C=C/C(=O)OC3=NCC(CC4(C)CCc5ccccc5C4)N3)N2)CCc2ccccc2C1. The Kier molecular flexibility index (Phi) is 7.88. The molecule has 2 N–H and O–H groups in total. The Morgan fingerprint density at radius 2 is 1.14 bits per heavy atom. The summed E-state index contributed by atoms with van der Waals surface area (Å²) < 4.78 is 10.7. The molecule has 6 rings (SSSR count). The molecule has 2 aromatic rings. The van der Waals surface area contributed by atoms with Gasteiger partial charge in [-0.1, -0.05) is 62.4 Å². The van der Waals surface area contributed by atoms with E-state index in [0.29, 0.717) is 13.1 Å². The quantitative estimate of drug-likeness (QED) is 0.394. The van der Waals surface area contributed by atoms with E-state index in [1.807, 2.05) is 0 Å². The number of hydrogen-bond acceptors (Lipinski definition) is 8. The number of fused-ring (bicyclic) bond motifs is 2. The molecule has 0 saturated carbocycles. The van der Waals surface area contributed by atoms with Gasteiger partial charge >= 0.3 is 11.9 Å². The molecular weight excluding hydrogens is 528 g/mol. The lowest BCUT2D eigenvalue weighted by Crippen LogP contribution is -2.39. The molecular formula is C34H40N4O4. The number of nitrogens with one attached hydrogen (secondary N) is 2. The Balaban J connectivity index is 0.911. The molecule has 0 saturated heterocycles. The molecule has 0 fully saturated rings. The van der Waals surface area contributed by atoms with E-state index in [4.69, 9.17) is 9.47 Å². The topological polar surface area (TPSA) is 101 Å². The molecule has 2 aromatic carbocycles. The maximum atomic E-state index is 12.4. The maximum Gasteiger partial charge on any atom is 0.338 e. The van der Waals surface area contributed by atoms with E-state index < -0.39 is 11.9 Å². The number of hydrogen-bond donors (Lipinski definition) is 2. The molecule has 0 aromatic heterocycles. The molecule has 2 heterocycles. The van der Waals surface area contributed by atoms with E-state index in [0.717, 1.165) is 63.5 Å². The van der Waals surface area contributed by atoms with Gasteiger partial charge in [0.2, 0.25) is 0 Å². The van der Waals surface area contributed by atoms with Crippen molar-refractivity contribution in [2.75, 3.05) is 13.1 Å². The Labute approximate surface area is 247 Å². The summed E-state index contributed by atoms with van der Waals surface area (Å²) in [5, 5.41) is 6.48. The summed E-state index contributed by atoms with van der Waals surface area (Å²) in [6.07, 6.45) is 10.5. The van der Waals surface area contributed by atoms with Crippen LogP contribution in [0.3, 0.4) is 0 Å². The maximum absolute atomic E-state index is 12.4. The van der Waals surface area contributed by atoms with Crippen molar-refractivity contribution in [3.05, 3.63) is 82.9 Å². The summed E-state index contributed by atoms with van der Waals surface area (Å²) in [4.78, 5) is 33.4. The number of amidine groups is 2. The Bertz CT molecular complexity index is 1340. The molecule has 0 radical (unpaired) electrons. The largest absolute Gasteiger partial charge is 0.389 e. The second-order valence-electron chi connectivity index (χ2n) is 13.1. The first-order valence-electron chi connectivity index (χ1n) is 15.1. The average Bonchev–Trinajstić information content (AvgIpc) is 3.59. The average molecular weight is 569 g/mol. The zero-order valence-electron chi connectivity index (χ0n) is 24.5. The van der Waals surface area contributed by atoms with Crippen LogP contribution >= 0.6 is 0 Å². The van der Waals surface area contributed by atoms with Gasteiger partial charge in [0.05, 0.1) is 25.2 Å². The van der Waals surface area contributed by atoms with Crippen molar-refractivity contribution >= 4 is 24.0 Å². The van der Waals surface area contributed by atoms with Crippen molar-refractivity contribution in [2.24, 2.45) is 20.8 Å². The number of aliphatic imine (C=N–C) groups is 2. The first-order chi connectivity index (χ1) is 20.2. The molecule has 0 bridgehead atoms. The van der Waals surface area contributed by atoms with Crippen LogP contribution in [-0.2, 0) is 44.7 Å². The number of esters is 2. The smallest absolute Gasteiger partial charge is 0.338 e. The molecule has 2 aliphatic heterocycles. The normalized spacial score (nSPS) is 28.1. The fourth-order valence-electron chi connectivity index (χ4n) is 7.12. The van der Waals surface area contributed by atoms with Crippen molar-refractivity contribution < 1.29 is 19.1 Å². The summed E-state index contributed by atoms with van der Waals surface area (Å²) in [7, 11) is 0. The molecule has 8 nitrogen and oxygen atoms in total. The van der Waals surface area contributed by atoms with Gasteiger partial charge in [-0.15, -0.1) is 0 Å². The van der Waals surface area contributed by atoms with E-state index in [2.05, 4.69) is 83.0 Å². The van der Waals surface area contributed by atoms with E-state index in [1.165, 1.54) is 22.3 Å².